The third-order valence-electron chi connectivity index (χ3n) is 4.83. The molecule has 0 aliphatic carbocycles. The summed E-state index contributed by atoms with van der Waals surface area (Å²) in [4.78, 5) is 22.6. The highest BCUT2D eigenvalue weighted by Gasteiger charge is 2.31. The van der Waals surface area contributed by atoms with Gasteiger partial charge in [-0.25, -0.2) is 9.97 Å². The van der Waals surface area contributed by atoms with Crippen LogP contribution in [0.2, 0.25) is 0 Å². The second-order valence-electron chi connectivity index (χ2n) is 6.64. The van der Waals surface area contributed by atoms with Crippen LogP contribution in [0.5, 0.6) is 0 Å². The molecule has 10 heteroatoms. The summed E-state index contributed by atoms with van der Waals surface area (Å²) >= 11 is 0. The number of aromatic amines is 1. The molecule has 28 heavy (non-hydrogen) atoms. The highest BCUT2D eigenvalue weighted by molar-refractivity contribution is 5.94. The van der Waals surface area contributed by atoms with Crippen LogP contribution in [-0.4, -0.2) is 50.1 Å². The van der Waals surface area contributed by atoms with E-state index >= 15 is 0 Å². The Balaban J connectivity index is 1.37. The molecule has 1 aliphatic rings. The molecular weight excluding hydrogens is 373 g/mol. The van der Waals surface area contributed by atoms with Crippen LogP contribution in [-0.2, 0) is 6.18 Å². The Kier molecular flexibility index (Phi) is 4.62. The van der Waals surface area contributed by atoms with E-state index in [4.69, 9.17) is 0 Å². The van der Waals surface area contributed by atoms with Crippen LogP contribution >= 0.6 is 0 Å². The van der Waals surface area contributed by atoms with E-state index < -0.39 is 11.7 Å². The zero-order valence-corrected chi connectivity index (χ0v) is 14.7. The summed E-state index contributed by atoms with van der Waals surface area (Å²) in [6.45, 7) is 1.02. The topological polar surface area (TPSA) is 86.8 Å². The number of carbonyl (C=O) groups is 1. The third-order valence-corrected chi connectivity index (χ3v) is 4.83. The molecule has 2 N–H and O–H groups in total. The number of anilines is 1. The lowest BCUT2D eigenvalue weighted by Gasteiger charge is -2.32. The number of halogens is 3. The Morgan fingerprint density at radius 3 is 2.54 bits per heavy atom. The SMILES string of the molecule is O=C(c1ccc(C(F)(F)F)cc1)N1CCC(Nc2ncnc3[nH]ncc23)CC1. The van der Waals surface area contributed by atoms with Gasteiger partial charge >= 0.3 is 6.18 Å². The second kappa shape index (κ2) is 7.10. The zero-order valence-electron chi connectivity index (χ0n) is 14.7. The van der Waals surface area contributed by atoms with Crippen molar-refractivity contribution in [1.29, 1.82) is 0 Å². The number of alkyl halides is 3. The monoisotopic (exact) mass is 390 g/mol. The van der Waals surface area contributed by atoms with Crippen molar-refractivity contribution in [2.75, 3.05) is 18.4 Å². The molecule has 1 aromatic carbocycles. The summed E-state index contributed by atoms with van der Waals surface area (Å²) in [5.74, 6) is 0.428. The van der Waals surface area contributed by atoms with Crippen molar-refractivity contribution in [3.63, 3.8) is 0 Å². The minimum Gasteiger partial charge on any atom is -0.366 e. The number of rotatable bonds is 3. The summed E-state index contributed by atoms with van der Waals surface area (Å²) in [6, 6.07) is 4.46. The van der Waals surface area contributed by atoms with E-state index in [1.165, 1.54) is 18.5 Å². The lowest BCUT2D eigenvalue weighted by Crippen LogP contribution is -2.42. The van der Waals surface area contributed by atoms with E-state index in [1.54, 1.807) is 11.1 Å². The fourth-order valence-electron chi connectivity index (χ4n) is 3.28. The summed E-state index contributed by atoms with van der Waals surface area (Å²) < 4.78 is 38.0. The molecule has 1 amide bonds. The van der Waals surface area contributed by atoms with Gasteiger partial charge in [-0.15, -0.1) is 0 Å². The Labute approximate surface area is 158 Å². The van der Waals surface area contributed by atoms with Gasteiger partial charge in [0.2, 0.25) is 0 Å². The van der Waals surface area contributed by atoms with Gasteiger partial charge in [0.05, 0.1) is 17.1 Å². The van der Waals surface area contributed by atoms with Crippen molar-refractivity contribution in [1.82, 2.24) is 25.1 Å². The first-order valence-electron chi connectivity index (χ1n) is 8.79. The maximum Gasteiger partial charge on any atom is 0.416 e. The summed E-state index contributed by atoms with van der Waals surface area (Å²) in [6.07, 6.45) is 0.103. The van der Waals surface area contributed by atoms with Crippen LogP contribution in [0.25, 0.3) is 11.0 Å². The minimum absolute atomic E-state index is 0.129. The van der Waals surface area contributed by atoms with Crippen molar-refractivity contribution >= 4 is 22.8 Å². The highest BCUT2D eigenvalue weighted by Crippen LogP contribution is 2.29. The molecule has 0 atom stereocenters. The van der Waals surface area contributed by atoms with Crippen molar-refractivity contribution in [3.05, 3.63) is 47.9 Å². The molecular formula is C18H17F3N6O. The maximum atomic E-state index is 12.7. The van der Waals surface area contributed by atoms with Crippen LogP contribution in [0, 0.1) is 0 Å². The maximum absolute atomic E-state index is 12.7. The van der Waals surface area contributed by atoms with Gasteiger partial charge in [-0.1, -0.05) is 0 Å². The average Bonchev–Trinajstić information content (AvgIpc) is 3.17. The van der Waals surface area contributed by atoms with Crippen LogP contribution in [0.15, 0.2) is 36.8 Å². The molecule has 0 bridgehead atoms. The molecule has 1 fully saturated rings. The van der Waals surface area contributed by atoms with E-state index in [2.05, 4.69) is 25.5 Å². The number of nitrogens with one attached hydrogen (secondary N) is 2. The van der Waals surface area contributed by atoms with Crippen molar-refractivity contribution in [2.24, 2.45) is 0 Å². The van der Waals surface area contributed by atoms with Gasteiger partial charge < -0.3 is 10.2 Å². The smallest absolute Gasteiger partial charge is 0.366 e. The highest BCUT2D eigenvalue weighted by atomic mass is 19.4. The molecule has 0 spiro atoms. The predicted octanol–water partition coefficient (Wildman–Crippen LogP) is 3.09. The van der Waals surface area contributed by atoms with Gasteiger partial charge in [0.1, 0.15) is 12.1 Å². The number of fused-ring (bicyclic) bond motifs is 1. The van der Waals surface area contributed by atoms with Crippen molar-refractivity contribution in [2.45, 2.75) is 25.1 Å². The third kappa shape index (κ3) is 3.62. The van der Waals surface area contributed by atoms with Crippen LogP contribution < -0.4 is 5.32 Å². The van der Waals surface area contributed by atoms with Gasteiger partial charge in [-0.2, -0.15) is 18.3 Å². The second-order valence-corrected chi connectivity index (χ2v) is 6.64. The number of amides is 1. The first-order chi connectivity index (χ1) is 13.4. The largest absolute Gasteiger partial charge is 0.416 e. The molecule has 3 heterocycles. The lowest BCUT2D eigenvalue weighted by molar-refractivity contribution is -0.137. The standard InChI is InChI=1S/C18H17F3N6O/c19-18(20,21)12-3-1-11(2-4-12)17(28)27-7-5-13(6-8-27)25-15-14-9-24-26-16(14)23-10-22-15/h1-4,9-10,13H,5-8H2,(H2,22,23,24,25,26). The number of piperidine rings is 1. The molecule has 0 unspecified atom stereocenters. The number of hydrogen-bond acceptors (Lipinski definition) is 5. The minimum atomic E-state index is -4.41. The van der Waals surface area contributed by atoms with Crippen LogP contribution in [0.4, 0.5) is 19.0 Å². The zero-order chi connectivity index (χ0) is 19.7. The van der Waals surface area contributed by atoms with E-state index in [1.807, 2.05) is 0 Å². The summed E-state index contributed by atoms with van der Waals surface area (Å²) in [7, 11) is 0. The fourth-order valence-corrected chi connectivity index (χ4v) is 3.28. The van der Waals surface area contributed by atoms with Gasteiger partial charge in [-0.3, -0.25) is 9.89 Å². The molecule has 0 saturated carbocycles. The number of hydrogen-bond donors (Lipinski definition) is 2. The van der Waals surface area contributed by atoms with E-state index in [9.17, 15) is 18.0 Å². The average molecular weight is 390 g/mol. The molecule has 7 nitrogen and oxygen atoms in total. The number of likely N-dealkylation sites (tertiary alicyclic amines) is 1. The Morgan fingerprint density at radius 2 is 1.86 bits per heavy atom. The Bertz CT molecular complexity index is 977. The number of carbonyl (C=O) groups excluding carboxylic acids is 1. The number of nitrogens with zero attached hydrogens (tertiary/aromatic N) is 4. The molecule has 3 aromatic rings. The fraction of sp³-hybridized carbons (Fsp3) is 0.333. The molecule has 1 saturated heterocycles. The Hall–Kier alpha value is -3.17. The van der Waals surface area contributed by atoms with Crippen LogP contribution in [0.1, 0.15) is 28.8 Å². The Morgan fingerprint density at radius 1 is 1.14 bits per heavy atom. The summed E-state index contributed by atoms with van der Waals surface area (Å²) in [5.41, 5.74) is 0.144. The molecule has 0 radical (unpaired) electrons. The molecule has 1 aliphatic heterocycles. The first kappa shape index (κ1) is 18.2. The normalized spacial score (nSPS) is 15.8. The van der Waals surface area contributed by atoms with E-state index in [0.29, 0.717) is 37.4 Å². The van der Waals surface area contributed by atoms with E-state index in [0.717, 1.165) is 17.5 Å². The number of aromatic nitrogens is 4. The van der Waals surface area contributed by atoms with Crippen molar-refractivity contribution < 1.29 is 18.0 Å². The molecule has 2 aromatic heterocycles. The van der Waals surface area contributed by atoms with Gasteiger partial charge in [0, 0.05) is 24.7 Å². The molecule has 146 valence electrons. The van der Waals surface area contributed by atoms with E-state index in [-0.39, 0.29) is 17.5 Å². The van der Waals surface area contributed by atoms with Gasteiger partial charge in [0.25, 0.3) is 5.91 Å². The first-order valence-corrected chi connectivity index (χ1v) is 8.79. The van der Waals surface area contributed by atoms with Crippen molar-refractivity contribution in [3.8, 4) is 0 Å². The van der Waals surface area contributed by atoms with Gasteiger partial charge in [-0.05, 0) is 37.1 Å². The van der Waals surface area contributed by atoms with Gasteiger partial charge in [0.15, 0.2) is 5.65 Å². The molecule has 4 rings (SSSR count). The predicted molar refractivity (Wildman–Crippen MR) is 95.7 cm³/mol. The van der Waals surface area contributed by atoms with Crippen LogP contribution in [0.3, 0.4) is 0 Å². The quantitative estimate of drug-likeness (QED) is 0.718. The lowest BCUT2D eigenvalue weighted by atomic mass is 10.0. The number of H-pyrrole nitrogens is 1. The number of benzene rings is 1. The summed E-state index contributed by atoms with van der Waals surface area (Å²) in [5, 5.41) is 10.9.